The zero-order chi connectivity index (χ0) is 20.5. The first-order valence-electron chi connectivity index (χ1n) is 10.5. The molecule has 0 amide bonds. The monoisotopic (exact) mass is 400 g/mol. The van der Waals surface area contributed by atoms with E-state index in [0.717, 1.165) is 41.8 Å². The van der Waals surface area contributed by atoms with E-state index in [-0.39, 0.29) is 11.7 Å². The molecule has 4 aromatic rings. The lowest BCUT2D eigenvalue weighted by molar-refractivity contribution is 0.396. The fraction of sp³-hybridized carbons (Fsp3) is 0.304. The molecule has 1 aliphatic heterocycles. The van der Waals surface area contributed by atoms with E-state index in [1.807, 2.05) is 54.1 Å². The highest BCUT2D eigenvalue weighted by Crippen LogP contribution is 2.27. The van der Waals surface area contributed by atoms with Gasteiger partial charge in [0.15, 0.2) is 5.65 Å². The molecular weight excluding hydrogens is 376 g/mol. The van der Waals surface area contributed by atoms with Crippen molar-refractivity contribution in [3.05, 3.63) is 71.4 Å². The third-order valence-corrected chi connectivity index (χ3v) is 5.80. The summed E-state index contributed by atoms with van der Waals surface area (Å²) in [7, 11) is 0. The largest absolute Gasteiger partial charge is 0.339 e. The highest BCUT2D eigenvalue weighted by atomic mass is 16.1. The molecule has 1 fully saturated rings. The number of imidazole rings is 1. The number of anilines is 1. The molecule has 7 nitrogen and oxygen atoms in total. The van der Waals surface area contributed by atoms with Crippen LogP contribution in [0.3, 0.4) is 0 Å². The summed E-state index contributed by atoms with van der Waals surface area (Å²) in [6.07, 6.45) is 5.48. The average Bonchev–Trinajstić information content (AvgIpc) is 3.11. The van der Waals surface area contributed by atoms with Gasteiger partial charge in [-0.05, 0) is 38.0 Å². The Morgan fingerprint density at radius 2 is 1.90 bits per heavy atom. The molecule has 3 aromatic heterocycles. The molecule has 30 heavy (non-hydrogen) atoms. The highest BCUT2D eigenvalue weighted by molar-refractivity contribution is 5.71. The van der Waals surface area contributed by atoms with E-state index in [9.17, 15) is 4.79 Å². The number of nitrogens with zero attached hydrogens (tertiary/aromatic N) is 6. The standard InChI is InChI=1S/C23H24N6O/c1-2-28-20-11-6-13-24-21(20)29(23(28)30)18-10-7-15-27(16-18)22-25-14-12-19(26-22)17-8-4-3-5-9-17/h3-6,8-9,11-14,18H,2,7,10,15-16H2,1H3/t18-/m0/s1. The topological polar surface area (TPSA) is 68.8 Å². The van der Waals surface area contributed by atoms with Gasteiger partial charge in [-0.1, -0.05) is 30.3 Å². The van der Waals surface area contributed by atoms with Crippen molar-refractivity contribution < 1.29 is 0 Å². The molecule has 0 N–H and O–H groups in total. The van der Waals surface area contributed by atoms with Gasteiger partial charge in [0, 0.05) is 37.6 Å². The third-order valence-electron chi connectivity index (χ3n) is 5.80. The van der Waals surface area contributed by atoms with Crippen LogP contribution < -0.4 is 10.6 Å². The smallest absolute Gasteiger partial charge is 0.330 e. The summed E-state index contributed by atoms with van der Waals surface area (Å²) >= 11 is 0. The third kappa shape index (κ3) is 3.16. The summed E-state index contributed by atoms with van der Waals surface area (Å²) in [6, 6.07) is 16.0. The minimum Gasteiger partial charge on any atom is -0.339 e. The van der Waals surface area contributed by atoms with E-state index in [2.05, 4.69) is 27.0 Å². The fourth-order valence-electron chi connectivity index (χ4n) is 4.36. The Labute approximate surface area is 174 Å². The Bertz CT molecular complexity index is 1230. The Kier molecular flexibility index (Phi) is 4.78. The summed E-state index contributed by atoms with van der Waals surface area (Å²) in [5.41, 5.74) is 3.64. The normalized spacial score (nSPS) is 16.8. The molecule has 1 saturated heterocycles. The van der Waals surface area contributed by atoms with Gasteiger partial charge in [0.05, 0.1) is 17.3 Å². The number of pyridine rings is 1. The van der Waals surface area contributed by atoms with Crippen molar-refractivity contribution in [3.63, 3.8) is 0 Å². The van der Waals surface area contributed by atoms with Gasteiger partial charge in [-0.15, -0.1) is 0 Å². The highest BCUT2D eigenvalue weighted by Gasteiger charge is 2.27. The summed E-state index contributed by atoms with van der Waals surface area (Å²) in [5.74, 6) is 0.710. The predicted octanol–water partition coefficient (Wildman–Crippen LogP) is 3.52. The summed E-state index contributed by atoms with van der Waals surface area (Å²) in [4.78, 5) is 29.2. The van der Waals surface area contributed by atoms with Gasteiger partial charge in [-0.25, -0.2) is 19.7 Å². The van der Waals surface area contributed by atoms with Crippen LogP contribution in [0, 0.1) is 0 Å². The first-order chi connectivity index (χ1) is 14.8. The van der Waals surface area contributed by atoms with Crippen molar-refractivity contribution in [3.8, 4) is 11.3 Å². The van der Waals surface area contributed by atoms with Crippen molar-refractivity contribution in [2.24, 2.45) is 0 Å². The van der Waals surface area contributed by atoms with Crippen molar-refractivity contribution in [1.29, 1.82) is 0 Å². The van der Waals surface area contributed by atoms with Crippen molar-refractivity contribution in [2.75, 3.05) is 18.0 Å². The minimum absolute atomic E-state index is 0.0111. The second-order valence-corrected chi connectivity index (χ2v) is 7.59. The summed E-state index contributed by atoms with van der Waals surface area (Å²) < 4.78 is 3.67. The molecule has 4 heterocycles. The molecule has 0 bridgehead atoms. The van der Waals surface area contributed by atoms with Crippen molar-refractivity contribution in [1.82, 2.24) is 24.1 Å². The van der Waals surface area contributed by atoms with Crippen LogP contribution in [-0.2, 0) is 6.54 Å². The van der Waals surface area contributed by atoms with Gasteiger partial charge in [-0.2, -0.15) is 0 Å². The average molecular weight is 400 g/mol. The minimum atomic E-state index is 0.0111. The molecule has 1 aromatic carbocycles. The quantitative estimate of drug-likeness (QED) is 0.524. The molecule has 1 aliphatic rings. The van der Waals surface area contributed by atoms with Gasteiger partial charge in [0.25, 0.3) is 0 Å². The van der Waals surface area contributed by atoms with Gasteiger partial charge in [-0.3, -0.25) is 9.13 Å². The van der Waals surface area contributed by atoms with E-state index in [1.165, 1.54) is 0 Å². The van der Waals surface area contributed by atoms with Crippen LogP contribution in [0.1, 0.15) is 25.8 Å². The molecule has 1 atom stereocenters. The first-order valence-corrected chi connectivity index (χ1v) is 10.5. The Balaban J connectivity index is 1.49. The molecule has 7 heteroatoms. The van der Waals surface area contributed by atoms with Crippen LogP contribution in [0.15, 0.2) is 65.7 Å². The van der Waals surface area contributed by atoms with Crippen LogP contribution in [0.2, 0.25) is 0 Å². The Hall–Kier alpha value is -3.48. The number of rotatable bonds is 4. The van der Waals surface area contributed by atoms with Crippen LogP contribution >= 0.6 is 0 Å². The SMILES string of the molecule is CCn1c(=O)n([C@H]2CCCN(c3nccc(-c4ccccc4)n3)C2)c2ncccc21. The number of aromatic nitrogens is 5. The van der Waals surface area contributed by atoms with E-state index in [0.29, 0.717) is 19.0 Å². The van der Waals surface area contributed by atoms with Crippen LogP contribution in [0.25, 0.3) is 22.4 Å². The lowest BCUT2D eigenvalue weighted by atomic mass is 10.1. The molecule has 0 aliphatic carbocycles. The molecule has 0 unspecified atom stereocenters. The zero-order valence-corrected chi connectivity index (χ0v) is 17.0. The maximum absolute atomic E-state index is 13.1. The summed E-state index contributed by atoms with van der Waals surface area (Å²) in [6.45, 7) is 4.20. The second kappa shape index (κ2) is 7.74. The number of aryl methyl sites for hydroxylation is 1. The molecule has 0 radical (unpaired) electrons. The first kappa shape index (κ1) is 18.5. The maximum atomic E-state index is 13.1. The van der Waals surface area contributed by atoms with Crippen molar-refractivity contribution in [2.45, 2.75) is 32.4 Å². The van der Waals surface area contributed by atoms with Gasteiger partial charge in [0.1, 0.15) is 0 Å². The molecule has 5 rings (SSSR count). The van der Waals surface area contributed by atoms with Crippen LogP contribution in [0.5, 0.6) is 0 Å². The fourth-order valence-corrected chi connectivity index (χ4v) is 4.36. The number of fused-ring (bicyclic) bond motifs is 1. The lowest BCUT2D eigenvalue weighted by Gasteiger charge is -2.33. The molecular formula is C23H24N6O. The Morgan fingerprint density at radius 3 is 2.73 bits per heavy atom. The number of hydrogen-bond acceptors (Lipinski definition) is 5. The van der Waals surface area contributed by atoms with E-state index in [1.54, 1.807) is 10.8 Å². The van der Waals surface area contributed by atoms with Crippen LogP contribution in [-0.4, -0.2) is 37.2 Å². The summed E-state index contributed by atoms with van der Waals surface area (Å²) in [5, 5.41) is 0. The van der Waals surface area contributed by atoms with E-state index < -0.39 is 0 Å². The van der Waals surface area contributed by atoms with Gasteiger partial charge >= 0.3 is 5.69 Å². The van der Waals surface area contributed by atoms with Crippen LogP contribution in [0.4, 0.5) is 5.95 Å². The maximum Gasteiger partial charge on any atom is 0.330 e. The van der Waals surface area contributed by atoms with E-state index in [4.69, 9.17) is 4.98 Å². The second-order valence-electron chi connectivity index (χ2n) is 7.59. The van der Waals surface area contributed by atoms with Gasteiger partial charge in [0.2, 0.25) is 5.95 Å². The van der Waals surface area contributed by atoms with Gasteiger partial charge < -0.3 is 4.90 Å². The predicted molar refractivity (Wildman–Crippen MR) is 118 cm³/mol. The number of benzene rings is 1. The molecule has 0 saturated carbocycles. The number of hydrogen-bond donors (Lipinski definition) is 0. The molecule has 0 spiro atoms. The molecule has 152 valence electrons. The Morgan fingerprint density at radius 1 is 1.03 bits per heavy atom. The lowest BCUT2D eigenvalue weighted by Crippen LogP contribution is -2.41. The zero-order valence-electron chi connectivity index (χ0n) is 17.0. The van der Waals surface area contributed by atoms with E-state index >= 15 is 0 Å². The number of piperidine rings is 1. The van der Waals surface area contributed by atoms with Crippen molar-refractivity contribution >= 4 is 17.1 Å².